The Morgan fingerprint density at radius 3 is 2.11 bits per heavy atom. The average Bonchev–Trinajstić information content (AvgIpc) is 2.92. The van der Waals surface area contributed by atoms with Crippen LogP contribution in [0, 0.1) is 11.8 Å². The van der Waals surface area contributed by atoms with Crippen molar-refractivity contribution >= 4 is 6.09 Å². The minimum atomic E-state index is -0.737. The van der Waals surface area contributed by atoms with Gasteiger partial charge in [-0.1, -0.05) is 74.5 Å². The fourth-order valence-corrected chi connectivity index (χ4v) is 4.97. The lowest BCUT2D eigenvalue weighted by molar-refractivity contribution is -0.155. The summed E-state index contributed by atoms with van der Waals surface area (Å²) in [6.07, 6.45) is -1.24. The van der Waals surface area contributed by atoms with Crippen LogP contribution >= 0.6 is 0 Å². The number of rotatable bonds is 8. The van der Waals surface area contributed by atoms with Crippen LogP contribution in [0.2, 0.25) is 0 Å². The second-order valence-electron chi connectivity index (χ2n) is 10.1. The first-order chi connectivity index (χ1) is 18.2. The molecule has 0 N–H and O–H groups in total. The second kappa shape index (κ2) is 11.7. The van der Waals surface area contributed by atoms with Crippen molar-refractivity contribution in [3.8, 4) is 5.88 Å². The van der Waals surface area contributed by atoms with Crippen LogP contribution in [0.5, 0.6) is 5.88 Å². The Balaban J connectivity index is 1.66. The first kappa shape index (κ1) is 27.2. The van der Waals surface area contributed by atoms with E-state index in [1.165, 1.54) is 16.5 Å². The Bertz CT molecular complexity index is 1370. The van der Waals surface area contributed by atoms with Gasteiger partial charge in [0, 0.05) is 39.5 Å². The van der Waals surface area contributed by atoms with Gasteiger partial charge in [0.1, 0.15) is 6.61 Å². The Morgan fingerprint density at radius 2 is 1.53 bits per heavy atom. The summed E-state index contributed by atoms with van der Waals surface area (Å²) in [5.74, 6) is -0.534. The Morgan fingerprint density at radius 1 is 0.947 bits per heavy atom. The van der Waals surface area contributed by atoms with Gasteiger partial charge in [-0.15, -0.1) is 0 Å². The number of hydrogen-bond donors (Lipinski definition) is 0. The number of likely N-dealkylation sites (N-methyl/N-ethyl adjacent to an activating group) is 1. The Kier molecular flexibility index (Phi) is 8.36. The molecule has 2 heterocycles. The molecule has 1 aliphatic rings. The minimum absolute atomic E-state index is 0.0320. The molecule has 0 bridgehead atoms. The molecule has 1 aromatic heterocycles. The molecule has 3 aromatic rings. The summed E-state index contributed by atoms with van der Waals surface area (Å²) < 4.78 is 20.4. The van der Waals surface area contributed by atoms with Crippen LogP contribution in [-0.4, -0.2) is 40.0 Å². The van der Waals surface area contributed by atoms with Gasteiger partial charge < -0.3 is 19.1 Å². The maximum absolute atomic E-state index is 13.4. The van der Waals surface area contributed by atoms with Crippen molar-refractivity contribution in [2.75, 3.05) is 13.6 Å². The highest BCUT2D eigenvalue weighted by Crippen LogP contribution is 2.42. The van der Waals surface area contributed by atoms with E-state index in [1.54, 1.807) is 14.1 Å². The molecule has 0 radical (unpaired) electrons. The predicted octanol–water partition coefficient (Wildman–Crippen LogP) is 3.64. The van der Waals surface area contributed by atoms with E-state index < -0.39 is 29.6 Å². The first-order valence-electron chi connectivity index (χ1n) is 12.7. The van der Waals surface area contributed by atoms with Gasteiger partial charge in [-0.05, 0) is 17.0 Å². The van der Waals surface area contributed by atoms with Crippen LogP contribution in [0.15, 0.2) is 70.3 Å². The number of ether oxygens (including phenoxy) is 3. The van der Waals surface area contributed by atoms with Gasteiger partial charge in [-0.2, -0.15) is 0 Å². The van der Waals surface area contributed by atoms with Crippen molar-refractivity contribution in [3.05, 3.63) is 98.2 Å². The van der Waals surface area contributed by atoms with E-state index in [2.05, 4.69) is 0 Å². The zero-order valence-corrected chi connectivity index (χ0v) is 22.5. The highest BCUT2D eigenvalue weighted by molar-refractivity contribution is 5.67. The summed E-state index contributed by atoms with van der Waals surface area (Å²) >= 11 is 0. The Hall–Kier alpha value is -3.85. The monoisotopic (exact) mass is 521 g/mol. The standard InChI is InChI=1S/C29H35N3O6/c1-19(2)23-22(16-30(3)29(35)37-18-21-14-10-7-11-15-21)24-25(33)31(4)28(34)32(5)26(24)38-27(23)36-17-20-12-8-6-9-13-20/h6-15,19,22-23,27H,16-18H2,1-5H3. The zero-order valence-electron chi connectivity index (χ0n) is 22.5. The normalized spacial score (nSPS) is 18.5. The number of fused-ring (bicyclic) bond motifs is 1. The van der Waals surface area contributed by atoms with E-state index in [0.29, 0.717) is 12.2 Å². The van der Waals surface area contributed by atoms with Gasteiger partial charge in [0.25, 0.3) is 5.56 Å². The van der Waals surface area contributed by atoms with Crippen molar-refractivity contribution in [1.82, 2.24) is 14.0 Å². The molecule has 1 aliphatic heterocycles. The SMILES string of the molecule is CC(C)C1C(OCc2ccccc2)Oc2c(c(=O)n(C)c(=O)n2C)C1CN(C)C(=O)OCc1ccccc1. The highest BCUT2D eigenvalue weighted by Gasteiger charge is 2.45. The molecule has 9 heteroatoms. The van der Waals surface area contributed by atoms with Gasteiger partial charge in [-0.25, -0.2) is 9.59 Å². The largest absolute Gasteiger partial charge is 0.449 e. The molecule has 0 spiro atoms. The molecule has 0 saturated carbocycles. The van der Waals surface area contributed by atoms with Gasteiger partial charge >= 0.3 is 11.8 Å². The van der Waals surface area contributed by atoms with E-state index in [4.69, 9.17) is 14.2 Å². The molecule has 38 heavy (non-hydrogen) atoms. The molecule has 4 rings (SSSR count). The molecule has 3 unspecified atom stereocenters. The van der Waals surface area contributed by atoms with E-state index >= 15 is 0 Å². The summed E-state index contributed by atoms with van der Waals surface area (Å²) in [7, 11) is 4.66. The van der Waals surface area contributed by atoms with Crippen LogP contribution in [0.25, 0.3) is 0 Å². The zero-order chi connectivity index (χ0) is 27.4. The van der Waals surface area contributed by atoms with Crippen molar-refractivity contribution in [2.45, 2.75) is 39.3 Å². The minimum Gasteiger partial charge on any atom is -0.449 e. The van der Waals surface area contributed by atoms with Gasteiger partial charge in [0.15, 0.2) is 0 Å². The molecular formula is C29H35N3O6. The fourth-order valence-electron chi connectivity index (χ4n) is 4.97. The highest BCUT2D eigenvalue weighted by atomic mass is 16.7. The predicted molar refractivity (Wildman–Crippen MR) is 143 cm³/mol. The van der Waals surface area contributed by atoms with Gasteiger partial charge in [0.05, 0.1) is 12.2 Å². The molecule has 9 nitrogen and oxygen atoms in total. The van der Waals surface area contributed by atoms with Crippen molar-refractivity contribution in [2.24, 2.45) is 25.9 Å². The number of carbonyl (C=O) groups is 1. The topological polar surface area (TPSA) is 92.0 Å². The van der Waals surface area contributed by atoms with E-state index in [-0.39, 0.29) is 30.9 Å². The number of carbonyl (C=O) groups excluding carboxylic acids is 1. The third-order valence-electron chi connectivity index (χ3n) is 7.04. The van der Waals surface area contributed by atoms with Crippen LogP contribution in [0.3, 0.4) is 0 Å². The van der Waals surface area contributed by atoms with E-state index in [9.17, 15) is 14.4 Å². The number of aromatic nitrogens is 2. The van der Waals surface area contributed by atoms with Crippen molar-refractivity contribution < 1.29 is 19.0 Å². The van der Waals surface area contributed by atoms with Crippen LogP contribution in [0.1, 0.15) is 36.5 Å². The lowest BCUT2D eigenvalue weighted by Gasteiger charge is -2.42. The van der Waals surface area contributed by atoms with Gasteiger partial charge in [0.2, 0.25) is 12.2 Å². The Labute approximate surface area is 222 Å². The van der Waals surface area contributed by atoms with Gasteiger partial charge in [-0.3, -0.25) is 13.9 Å². The number of nitrogens with zero attached hydrogens (tertiary/aromatic N) is 3. The van der Waals surface area contributed by atoms with Crippen LogP contribution in [0.4, 0.5) is 4.79 Å². The first-order valence-corrected chi connectivity index (χ1v) is 12.7. The molecule has 202 valence electrons. The van der Waals surface area contributed by atoms with Crippen molar-refractivity contribution in [3.63, 3.8) is 0 Å². The number of hydrogen-bond acceptors (Lipinski definition) is 6. The second-order valence-corrected chi connectivity index (χ2v) is 10.1. The average molecular weight is 522 g/mol. The summed E-state index contributed by atoms with van der Waals surface area (Å²) in [6, 6.07) is 19.2. The summed E-state index contributed by atoms with van der Waals surface area (Å²) in [4.78, 5) is 40.6. The summed E-state index contributed by atoms with van der Waals surface area (Å²) in [5, 5.41) is 0. The van der Waals surface area contributed by atoms with Crippen molar-refractivity contribution in [1.29, 1.82) is 0 Å². The third-order valence-corrected chi connectivity index (χ3v) is 7.04. The third kappa shape index (κ3) is 5.67. The molecule has 1 amide bonds. The number of benzene rings is 2. The smallest absolute Gasteiger partial charge is 0.409 e. The summed E-state index contributed by atoms with van der Waals surface area (Å²) in [6.45, 7) is 4.69. The molecule has 0 aliphatic carbocycles. The number of amides is 1. The van der Waals surface area contributed by atoms with Crippen LogP contribution in [-0.2, 0) is 36.8 Å². The summed E-state index contributed by atoms with van der Waals surface area (Å²) in [5.41, 5.74) is 1.28. The lowest BCUT2D eigenvalue weighted by Crippen LogP contribution is -2.51. The fraction of sp³-hybridized carbons (Fsp3) is 0.414. The molecular weight excluding hydrogens is 486 g/mol. The van der Waals surface area contributed by atoms with E-state index in [1.807, 2.05) is 74.5 Å². The molecule has 0 fully saturated rings. The van der Waals surface area contributed by atoms with Crippen LogP contribution < -0.4 is 16.0 Å². The maximum Gasteiger partial charge on any atom is 0.409 e. The molecule has 2 aromatic carbocycles. The molecule has 0 saturated heterocycles. The molecule has 3 atom stereocenters. The maximum atomic E-state index is 13.4. The quantitative estimate of drug-likeness (QED) is 0.450. The lowest BCUT2D eigenvalue weighted by atomic mass is 9.77. The van der Waals surface area contributed by atoms with E-state index in [0.717, 1.165) is 15.7 Å².